The monoisotopic (exact) mass is 378 g/mol. The van der Waals surface area contributed by atoms with E-state index in [1.807, 2.05) is 0 Å². The molecule has 1 atom stereocenters. The van der Waals surface area contributed by atoms with Crippen LogP contribution in [0, 0.1) is 0 Å². The average molecular weight is 379 g/mol. The number of halogens is 1. The molecule has 0 heterocycles. The van der Waals surface area contributed by atoms with Gasteiger partial charge in [0.25, 0.3) is 0 Å². The summed E-state index contributed by atoms with van der Waals surface area (Å²) in [5.41, 5.74) is 1.27. The van der Waals surface area contributed by atoms with E-state index in [0.717, 1.165) is 6.42 Å². The Bertz CT molecular complexity index is 386. The van der Waals surface area contributed by atoms with E-state index in [1.54, 1.807) is 0 Å². The molecular formula is C25H43Cl. The van der Waals surface area contributed by atoms with E-state index in [9.17, 15) is 0 Å². The Balaban J connectivity index is 1.76. The van der Waals surface area contributed by atoms with Crippen LogP contribution in [0.3, 0.4) is 0 Å². The molecule has 1 heteroatoms. The van der Waals surface area contributed by atoms with Gasteiger partial charge in [-0.2, -0.15) is 0 Å². The minimum Gasteiger partial charge on any atom is -0.118 e. The summed E-state index contributed by atoms with van der Waals surface area (Å²) in [6.45, 7) is 2.29. The van der Waals surface area contributed by atoms with Crippen molar-refractivity contribution in [3.63, 3.8) is 0 Å². The highest BCUT2D eigenvalue weighted by Crippen LogP contribution is 2.26. The summed E-state index contributed by atoms with van der Waals surface area (Å²) in [6.07, 6.45) is 23.9. The van der Waals surface area contributed by atoms with Gasteiger partial charge in [0.05, 0.1) is 5.38 Å². The van der Waals surface area contributed by atoms with Gasteiger partial charge in [-0.3, -0.25) is 0 Å². The first-order chi connectivity index (χ1) is 12.8. The molecule has 0 aliphatic carbocycles. The molecule has 0 radical (unpaired) electrons. The molecule has 0 saturated carbocycles. The van der Waals surface area contributed by atoms with Gasteiger partial charge in [0.1, 0.15) is 0 Å². The Hall–Kier alpha value is -0.490. The third-order valence-electron chi connectivity index (χ3n) is 5.47. The second-order valence-corrected chi connectivity index (χ2v) is 8.50. The standard InChI is InChI=1S/C25H43Cl/c1-2-3-4-5-6-7-8-9-10-11-12-13-14-15-16-20-23-25(26)24-21-18-17-19-22-24/h17-19,21-22,25H,2-16,20,23H2,1H3. The molecule has 1 unspecified atom stereocenters. The number of benzene rings is 1. The maximum absolute atomic E-state index is 6.47. The van der Waals surface area contributed by atoms with Gasteiger partial charge in [0.2, 0.25) is 0 Å². The molecule has 0 nitrogen and oxygen atoms in total. The Labute approximate surface area is 169 Å². The summed E-state index contributed by atoms with van der Waals surface area (Å²) in [6, 6.07) is 10.5. The molecule has 0 aromatic heterocycles. The number of rotatable bonds is 18. The van der Waals surface area contributed by atoms with Gasteiger partial charge in [0, 0.05) is 0 Å². The molecule has 0 aliphatic rings. The smallest absolute Gasteiger partial charge is 0.0585 e. The summed E-state index contributed by atoms with van der Waals surface area (Å²) in [5, 5.41) is 0.197. The topological polar surface area (TPSA) is 0 Å². The summed E-state index contributed by atoms with van der Waals surface area (Å²) in [7, 11) is 0. The van der Waals surface area contributed by atoms with E-state index in [0.29, 0.717) is 0 Å². The molecule has 0 bridgehead atoms. The predicted molar refractivity (Wildman–Crippen MR) is 119 cm³/mol. The lowest BCUT2D eigenvalue weighted by atomic mass is 10.0. The Morgan fingerprint density at radius 2 is 0.962 bits per heavy atom. The van der Waals surface area contributed by atoms with Crippen LogP contribution in [-0.2, 0) is 0 Å². The molecule has 0 saturated heterocycles. The van der Waals surface area contributed by atoms with Crippen molar-refractivity contribution >= 4 is 11.6 Å². The summed E-state index contributed by atoms with van der Waals surface area (Å²) in [5.74, 6) is 0. The van der Waals surface area contributed by atoms with Gasteiger partial charge in [-0.05, 0) is 12.0 Å². The van der Waals surface area contributed by atoms with Crippen molar-refractivity contribution in [1.82, 2.24) is 0 Å². The summed E-state index contributed by atoms with van der Waals surface area (Å²) < 4.78 is 0. The van der Waals surface area contributed by atoms with E-state index in [4.69, 9.17) is 11.6 Å². The predicted octanol–water partition coefficient (Wildman–Crippen LogP) is 9.62. The van der Waals surface area contributed by atoms with Crippen molar-refractivity contribution in [1.29, 1.82) is 0 Å². The van der Waals surface area contributed by atoms with Crippen LogP contribution in [0.4, 0.5) is 0 Å². The van der Waals surface area contributed by atoms with Gasteiger partial charge in [-0.25, -0.2) is 0 Å². The lowest BCUT2D eigenvalue weighted by molar-refractivity contribution is 0.526. The highest BCUT2D eigenvalue weighted by molar-refractivity contribution is 6.20. The van der Waals surface area contributed by atoms with Crippen molar-refractivity contribution in [2.45, 2.75) is 121 Å². The molecule has 1 aromatic rings. The molecule has 1 rings (SSSR count). The lowest BCUT2D eigenvalue weighted by Gasteiger charge is -2.09. The number of hydrogen-bond acceptors (Lipinski definition) is 0. The Morgan fingerprint density at radius 1 is 0.577 bits per heavy atom. The Morgan fingerprint density at radius 3 is 1.38 bits per heavy atom. The van der Waals surface area contributed by atoms with Crippen molar-refractivity contribution < 1.29 is 0 Å². The van der Waals surface area contributed by atoms with Gasteiger partial charge in [-0.1, -0.05) is 140 Å². The first-order valence-corrected chi connectivity index (χ1v) is 12.0. The van der Waals surface area contributed by atoms with E-state index in [2.05, 4.69) is 37.3 Å². The molecular weight excluding hydrogens is 336 g/mol. The highest BCUT2D eigenvalue weighted by atomic mass is 35.5. The fourth-order valence-electron chi connectivity index (χ4n) is 3.70. The fourth-order valence-corrected chi connectivity index (χ4v) is 4.00. The number of alkyl halides is 1. The molecule has 0 aliphatic heterocycles. The first-order valence-electron chi connectivity index (χ1n) is 11.5. The van der Waals surface area contributed by atoms with Gasteiger partial charge in [-0.15, -0.1) is 11.6 Å². The Kier molecular flexibility index (Phi) is 16.2. The van der Waals surface area contributed by atoms with Crippen LogP contribution in [0.15, 0.2) is 30.3 Å². The van der Waals surface area contributed by atoms with Crippen LogP contribution in [0.2, 0.25) is 0 Å². The summed E-state index contributed by atoms with van der Waals surface area (Å²) >= 11 is 6.47. The zero-order valence-electron chi connectivity index (χ0n) is 17.4. The molecule has 1 aromatic carbocycles. The minimum atomic E-state index is 0.197. The maximum atomic E-state index is 6.47. The lowest BCUT2D eigenvalue weighted by Crippen LogP contribution is -1.90. The average Bonchev–Trinajstić information content (AvgIpc) is 2.68. The zero-order chi connectivity index (χ0) is 18.7. The molecule has 26 heavy (non-hydrogen) atoms. The second kappa shape index (κ2) is 17.9. The van der Waals surface area contributed by atoms with Crippen molar-refractivity contribution in [3.05, 3.63) is 35.9 Å². The van der Waals surface area contributed by atoms with E-state index in [1.165, 1.54) is 108 Å². The van der Waals surface area contributed by atoms with Crippen LogP contribution < -0.4 is 0 Å². The largest absolute Gasteiger partial charge is 0.118 e. The number of hydrogen-bond donors (Lipinski definition) is 0. The molecule has 0 amide bonds. The molecule has 0 spiro atoms. The summed E-state index contributed by atoms with van der Waals surface area (Å²) in [4.78, 5) is 0. The molecule has 0 N–H and O–H groups in total. The normalized spacial score (nSPS) is 12.4. The zero-order valence-corrected chi connectivity index (χ0v) is 18.1. The third kappa shape index (κ3) is 13.7. The SMILES string of the molecule is CCCCCCCCCCCCCCCCCCC(Cl)c1ccccc1. The van der Waals surface area contributed by atoms with E-state index in [-0.39, 0.29) is 5.38 Å². The fraction of sp³-hybridized carbons (Fsp3) is 0.760. The van der Waals surface area contributed by atoms with Gasteiger partial charge in [0.15, 0.2) is 0 Å². The number of unbranched alkanes of at least 4 members (excludes halogenated alkanes) is 15. The van der Waals surface area contributed by atoms with Crippen molar-refractivity contribution in [3.8, 4) is 0 Å². The highest BCUT2D eigenvalue weighted by Gasteiger charge is 2.06. The van der Waals surface area contributed by atoms with Crippen LogP contribution >= 0.6 is 11.6 Å². The maximum Gasteiger partial charge on any atom is 0.0585 e. The minimum absolute atomic E-state index is 0.197. The van der Waals surface area contributed by atoms with E-state index < -0.39 is 0 Å². The van der Waals surface area contributed by atoms with Crippen molar-refractivity contribution in [2.24, 2.45) is 0 Å². The molecule has 0 fully saturated rings. The van der Waals surface area contributed by atoms with Crippen molar-refractivity contribution in [2.75, 3.05) is 0 Å². The second-order valence-electron chi connectivity index (χ2n) is 7.97. The molecule has 150 valence electrons. The van der Waals surface area contributed by atoms with Crippen LogP contribution in [0.25, 0.3) is 0 Å². The van der Waals surface area contributed by atoms with Gasteiger partial charge >= 0.3 is 0 Å². The van der Waals surface area contributed by atoms with Crippen LogP contribution in [-0.4, -0.2) is 0 Å². The van der Waals surface area contributed by atoms with Gasteiger partial charge < -0.3 is 0 Å². The van der Waals surface area contributed by atoms with E-state index >= 15 is 0 Å². The quantitative estimate of drug-likeness (QED) is 0.176. The first kappa shape index (κ1) is 23.5. The van der Waals surface area contributed by atoms with Crippen LogP contribution in [0.5, 0.6) is 0 Å². The van der Waals surface area contributed by atoms with Crippen LogP contribution in [0.1, 0.15) is 127 Å². The third-order valence-corrected chi connectivity index (χ3v) is 5.94.